The molecule has 4 rings (SSSR count). The van der Waals surface area contributed by atoms with E-state index in [1.165, 1.54) is 6.42 Å². The lowest BCUT2D eigenvalue weighted by Crippen LogP contribution is -2.64. The lowest BCUT2D eigenvalue weighted by Gasteiger charge is -2.47. The zero-order valence-electron chi connectivity index (χ0n) is 14.1. The smallest absolute Gasteiger partial charge is 0.241 e. The molecule has 0 N–H and O–H groups in total. The number of halogens is 1. The average molecular weight is 383 g/mol. The summed E-state index contributed by atoms with van der Waals surface area (Å²) in [4.78, 5) is 16.8. The number of rotatable bonds is 2. The van der Waals surface area contributed by atoms with Crippen molar-refractivity contribution in [1.82, 2.24) is 4.90 Å². The molecular formula is C18H23ClN2O3S. The van der Waals surface area contributed by atoms with Crippen molar-refractivity contribution in [2.45, 2.75) is 50.2 Å². The summed E-state index contributed by atoms with van der Waals surface area (Å²) in [6, 6.07) is 7.06. The van der Waals surface area contributed by atoms with E-state index < -0.39 is 9.84 Å². The van der Waals surface area contributed by atoms with Crippen LogP contribution in [-0.4, -0.2) is 55.4 Å². The molecule has 1 saturated carbocycles. The number of amides is 1. The number of benzene rings is 1. The molecule has 136 valence electrons. The lowest BCUT2D eigenvalue weighted by molar-refractivity contribution is -0.124. The van der Waals surface area contributed by atoms with Crippen LogP contribution >= 0.6 is 11.6 Å². The number of piperazine rings is 1. The van der Waals surface area contributed by atoms with Gasteiger partial charge in [-0.3, -0.25) is 9.69 Å². The summed E-state index contributed by atoms with van der Waals surface area (Å²) in [5.74, 6) is 0.170. The molecule has 2 saturated heterocycles. The molecule has 2 heterocycles. The number of sulfone groups is 1. The van der Waals surface area contributed by atoms with Gasteiger partial charge in [0.25, 0.3) is 0 Å². The van der Waals surface area contributed by atoms with Crippen LogP contribution in [0, 0.1) is 0 Å². The molecule has 1 aromatic carbocycles. The van der Waals surface area contributed by atoms with Crippen molar-refractivity contribution < 1.29 is 13.2 Å². The summed E-state index contributed by atoms with van der Waals surface area (Å²) in [6.07, 6.45) is 5.69. The summed E-state index contributed by atoms with van der Waals surface area (Å²) in [5.41, 5.74) is 0.702. The van der Waals surface area contributed by atoms with E-state index in [-0.39, 0.29) is 29.5 Å². The molecule has 1 aliphatic carbocycles. The number of hydrogen-bond acceptors (Lipinski definition) is 4. The van der Waals surface area contributed by atoms with E-state index in [2.05, 4.69) is 4.90 Å². The van der Waals surface area contributed by atoms with Crippen LogP contribution in [-0.2, 0) is 14.6 Å². The molecule has 25 heavy (non-hydrogen) atoms. The highest BCUT2D eigenvalue weighted by atomic mass is 35.5. The molecule has 5 nitrogen and oxygen atoms in total. The number of hydrogen-bond donors (Lipinski definition) is 0. The monoisotopic (exact) mass is 382 g/mol. The van der Waals surface area contributed by atoms with Crippen molar-refractivity contribution in [2.75, 3.05) is 23.0 Å². The third-order valence-electron chi connectivity index (χ3n) is 5.77. The van der Waals surface area contributed by atoms with Crippen molar-refractivity contribution in [2.24, 2.45) is 0 Å². The van der Waals surface area contributed by atoms with Crippen molar-refractivity contribution >= 4 is 33.0 Å². The molecule has 1 aromatic rings. The summed E-state index contributed by atoms with van der Waals surface area (Å²) in [5, 5.41) is 0.553. The highest BCUT2D eigenvalue weighted by molar-refractivity contribution is 7.91. The summed E-state index contributed by atoms with van der Waals surface area (Å²) < 4.78 is 24.8. The Morgan fingerprint density at radius 1 is 1.04 bits per heavy atom. The standard InChI is InChI=1S/C18H23ClN2O3S/c19-13-5-4-8-15(9-13)21-17-12-25(23,24)11-16(17)20(10-18(21)22)14-6-2-1-3-7-14/h4-5,8-9,14,16-17H,1-3,6-7,10-12H2/t16-,17+/m1/s1. The zero-order chi connectivity index (χ0) is 17.6. The van der Waals surface area contributed by atoms with E-state index in [9.17, 15) is 13.2 Å². The van der Waals surface area contributed by atoms with Gasteiger partial charge in [-0.2, -0.15) is 0 Å². The van der Waals surface area contributed by atoms with Crippen LogP contribution in [0.25, 0.3) is 0 Å². The number of carbonyl (C=O) groups excluding carboxylic acids is 1. The second-order valence-corrected chi connectivity index (χ2v) is 10.0. The number of fused-ring (bicyclic) bond motifs is 1. The predicted octanol–water partition coefficient (Wildman–Crippen LogP) is 2.49. The largest absolute Gasteiger partial charge is 0.306 e. The van der Waals surface area contributed by atoms with Crippen LogP contribution in [0.5, 0.6) is 0 Å². The first-order valence-corrected chi connectivity index (χ1v) is 11.2. The molecule has 3 aliphatic rings. The lowest BCUT2D eigenvalue weighted by atomic mass is 9.91. The highest BCUT2D eigenvalue weighted by Crippen LogP contribution is 2.36. The van der Waals surface area contributed by atoms with Gasteiger partial charge in [0, 0.05) is 22.8 Å². The summed E-state index contributed by atoms with van der Waals surface area (Å²) >= 11 is 6.09. The Hall–Kier alpha value is -1.11. The van der Waals surface area contributed by atoms with Gasteiger partial charge in [0.15, 0.2) is 9.84 Å². The maximum absolute atomic E-state index is 13.0. The second kappa shape index (κ2) is 6.56. The van der Waals surface area contributed by atoms with E-state index in [4.69, 9.17) is 11.6 Å². The first-order chi connectivity index (χ1) is 11.9. The van der Waals surface area contributed by atoms with Gasteiger partial charge in [-0.1, -0.05) is 36.9 Å². The number of carbonyl (C=O) groups is 1. The maximum atomic E-state index is 13.0. The number of anilines is 1. The first kappa shape index (κ1) is 17.3. The average Bonchev–Trinajstić information content (AvgIpc) is 2.89. The fourth-order valence-electron chi connectivity index (χ4n) is 4.68. The molecule has 3 fully saturated rings. The minimum absolute atomic E-state index is 0.0220. The summed E-state index contributed by atoms with van der Waals surface area (Å²) in [7, 11) is -3.14. The van der Waals surface area contributed by atoms with Crippen molar-refractivity contribution in [1.29, 1.82) is 0 Å². The van der Waals surface area contributed by atoms with Crippen LogP contribution in [0.4, 0.5) is 5.69 Å². The maximum Gasteiger partial charge on any atom is 0.241 e. The van der Waals surface area contributed by atoms with Gasteiger partial charge >= 0.3 is 0 Å². The topological polar surface area (TPSA) is 57.7 Å². The third-order valence-corrected chi connectivity index (χ3v) is 7.70. The predicted molar refractivity (Wildman–Crippen MR) is 98.7 cm³/mol. The van der Waals surface area contributed by atoms with Crippen LogP contribution in [0.2, 0.25) is 5.02 Å². The minimum Gasteiger partial charge on any atom is -0.306 e. The van der Waals surface area contributed by atoms with Gasteiger partial charge in [-0.05, 0) is 31.0 Å². The minimum atomic E-state index is -3.14. The van der Waals surface area contributed by atoms with Crippen LogP contribution in [0.3, 0.4) is 0 Å². The Labute approximate surface area is 153 Å². The molecule has 1 amide bonds. The van der Waals surface area contributed by atoms with E-state index in [0.29, 0.717) is 23.3 Å². The Morgan fingerprint density at radius 3 is 2.48 bits per heavy atom. The van der Waals surface area contributed by atoms with Gasteiger partial charge in [-0.15, -0.1) is 0 Å². The Bertz CT molecular complexity index is 776. The second-order valence-electron chi connectivity index (χ2n) is 7.42. The molecule has 0 unspecified atom stereocenters. The van der Waals surface area contributed by atoms with Crippen molar-refractivity contribution in [3.8, 4) is 0 Å². The summed E-state index contributed by atoms with van der Waals surface area (Å²) in [6.45, 7) is 0.299. The van der Waals surface area contributed by atoms with Gasteiger partial charge in [0.1, 0.15) is 0 Å². The van der Waals surface area contributed by atoms with Crippen molar-refractivity contribution in [3.05, 3.63) is 29.3 Å². The van der Waals surface area contributed by atoms with E-state index in [1.807, 2.05) is 6.07 Å². The molecule has 7 heteroatoms. The van der Waals surface area contributed by atoms with Crippen LogP contribution in [0.1, 0.15) is 32.1 Å². The zero-order valence-corrected chi connectivity index (χ0v) is 15.7. The van der Waals surface area contributed by atoms with E-state index in [0.717, 1.165) is 25.7 Å². The molecule has 0 aromatic heterocycles. The molecule has 2 aliphatic heterocycles. The van der Waals surface area contributed by atoms with E-state index in [1.54, 1.807) is 23.1 Å². The van der Waals surface area contributed by atoms with Gasteiger partial charge in [-0.25, -0.2) is 8.42 Å². The van der Waals surface area contributed by atoms with Gasteiger partial charge in [0.2, 0.25) is 5.91 Å². The Morgan fingerprint density at radius 2 is 1.76 bits per heavy atom. The normalized spacial score (nSPS) is 30.4. The molecule has 0 radical (unpaired) electrons. The first-order valence-electron chi connectivity index (χ1n) is 8.98. The quantitative estimate of drug-likeness (QED) is 0.788. The van der Waals surface area contributed by atoms with Crippen LogP contribution < -0.4 is 4.90 Å². The highest BCUT2D eigenvalue weighted by Gasteiger charge is 2.51. The van der Waals surface area contributed by atoms with Crippen molar-refractivity contribution in [3.63, 3.8) is 0 Å². The number of nitrogens with zero attached hydrogens (tertiary/aromatic N) is 2. The van der Waals surface area contributed by atoms with Gasteiger partial charge in [0.05, 0.1) is 24.1 Å². The SMILES string of the molecule is O=C1CN(C2CCCCC2)[C@@H]2CS(=O)(=O)C[C@@H]2N1c1cccc(Cl)c1. The molecule has 2 atom stereocenters. The van der Waals surface area contributed by atoms with Gasteiger partial charge < -0.3 is 4.90 Å². The molecule has 0 bridgehead atoms. The fraction of sp³-hybridized carbons (Fsp3) is 0.611. The Balaban J connectivity index is 1.69. The fourth-order valence-corrected chi connectivity index (χ4v) is 6.83. The molecule has 0 spiro atoms. The third kappa shape index (κ3) is 3.32. The molecular weight excluding hydrogens is 360 g/mol. The Kier molecular flexibility index (Phi) is 4.54. The van der Waals surface area contributed by atoms with Crippen LogP contribution in [0.15, 0.2) is 24.3 Å². The van der Waals surface area contributed by atoms with E-state index >= 15 is 0 Å².